The van der Waals surface area contributed by atoms with Gasteiger partial charge in [0.2, 0.25) is 0 Å². The minimum Gasteiger partial charge on any atom is -0.387 e. The molecule has 1 atom stereocenters. The first-order chi connectivity index (χ1) is 8.88. The first-order valence-electron chi connectivity index (χ1n) is 6.49. The van der Waals surface area contributed by atoms with E-state index < -0.39 is 6.10 Å². The predicted molar refractivity (Wildman–Crippen MR) is 77.3 cm³/mol. The van der Waals surface area contributed by atoms with Crippen LogP contribution in [0.5, 0.6) is 0 Å². The number of thiazole rings is 1. The van der Waals surface area contributed by atoms with Crippen molar-refractivity contribution < 1.29 is 5.11 Å². The number of rotatable bonds is 4. The number of aryl methyl sites for hydroxylation is 2. The van der Waals surface area contributed by atoms with Gasteiger partial charge in [0.25, 0.3) is 0 Å². The monoisotopic (exact) mass is 279 g/mol. The van der Waals surface area contributed by atoms with Crippen molar-refractivity contribution in [3.8, 4) is 0 Å². The van der Waals surface area contributed by atoms with Gasteiger partial charge in [-0.2, -0.15) is 5.10 Å². The minimum absolute atomic E-state index is 0.0463. The number of aliphatic hydroxyl groups excluding tert-OH is 1. The van der Waals surface area contributed by atoms with Crippen LogP contribution in [-0.2, 0) is 18.9 Å². The van der Waals surface area contributed by atoms with Crippen molar-refractivity contribution in [2.45, 2.75) is 45.1 Å². The van der Waals surface area contributed by atoms with Crippen molar-refractivity contribution in [2.24, 2.45) is 7.05 Å². The molecule has 5 heteroatoms. The van der Waals surface area contributed by atoms with Gasteiger partial charge in [0.05, 0.1) is 16.8 Å². The second kappa shape index (κ2) is 5.43. The second-order valence-corrected chi connectivity index (χ2v) is 6.69. The zero-order valence-corrected chi connectivity index (χ0v) is 12.7. The molecule has 4 nitrogen and oxygen atoms in total. The molecule has 0 saturated carbocycles. The molecule has 0 saturated heterocycles. The molecule has 1 N–H and O–H groups in total. The lowest BCUT2D eigenvalue weighted by molar-refractivity contribution is 0.162. The lowest BCUT2D eigenvalue weighted by atomic mass is 9.98. The van der Waals surface area contributed by atoms with Crippen molar-refractivity contribution in [3.05, 3.63) is 34.0 Å². The second-order valence-electron chi connectivity index (χ2n) is 5.83. The van der Waals surface area contributed by atoms with Crippen LogP contribution in [0.15, 0.2) is 17.6 Å². The molecular formula is C14H21N3OS. The summed E-state index contributed by atoms with van der Waals surface area (Å²) in [6.07, 6.45) is 2.76. The molecule has 0 aliphatic carbocycles. The fraction of sp³-hybridized carbons (Fsp3) is 0.571. The highest BCUT2D eigenvalue weighted by atomic mass is 32.1. The van der Waals surface area contributed by atoms with Crippen LogP contribution >= 0.6 is 11.3 Å². The lowest BCUT2D eigenvalue weighted by Gasteiger charge is -2.14. The third-order valence-electron chi connectivity index (χ3n) is 3.10. The predicted octanol–water partition coefficient (Wildman–Crippen LogP) is 2.84. The first kappa shape index (κ1) is 14.2. The Labute approximate surface area is 118 Å². The third-order valence-corrected chi connectivity index (χ3v) is 4.39. The first-order valence-corrected chi connectivity index (χ1v) is 7.37. The van der Waals surface area contributed by atoms with Gasteiger partial charge in [-0.15, -0.1) is 11.3 Å². The summed E-state index contributed by atoms with van der Waals surface area (Å²) in [5.41, 5.74) is 1.97. The Morgan fingerprint density at radius 3 is 2.68 bits per heavy atom. The zero-order chi connectivity index (χ0) is 14.0. The van der Waals surface area contributed by atoms with Gasteiger partial charge in [-0.1, -0.05) is 20.8 Å². The third kappa shape index (κ3) is 3.42. The summed E-state index contributed by atoms with van der Waals surface area (Å²) in [4.78, 5) is 4.55. The van der Waals surface area contributed by atoms with Crippen LogP contribution in [0.3, 0.4) is 0 Å². The maximum atomic E-state index is 10.2. The molecule has 0 spiro atoms. The number of hydrogen-bond acceptors (Lipinski definition) is 4. The number of aliphatic hydroxyl groups is 1. The standard InChI is InChI=1S/C14H21N3OS/c1-14(2,3)13-16-11(9-19-13)12(18)6-5-10-7-8-15-17(10)4/h7-9,12,18H,5-6H2,1-4H3. The van der Waals surface area contributed by atoms with Crippen molar-refractivity contribution in [1.82, 2.24) is 14.8 Å². The van der Waals surface area contributed by atoms with E-state index in [9.17, 15) is 5.11 Å². The van der Waals surface area contributed by atoms with Crippen LogP contribution in [0.4, 0.5) is 0 Å². The molecule has 2 aromatic rings. The highest BCUT2D eigenvalue weighted by Gasteiger charge is 2.20. The van der Waals surface area contributed by atoms with Crippen LogP contribution in [0.25, 0.3) is 0 Å². The van der Waals surface area contributed by atoms with Gasteiger partial charge < -0.3 is 5.11 Å². The summed E-state index contributed by atoms with van der Waals surface area (Å²) in [7, 11) is 1.92. The van der Waals surface area contributed by atoms with E-state index in [4.69, 9.17) is 0 Å². The maximum absolute atomic E-state index is 10.2. The van der Waals surface area contributed by atoms with Crippen LogP contribution in [0, 0.1) is 0 Å². The van der Waals surface area contributed by atoms with Gasteiger partial charge in [-0.3, -0.25) is 4.68 Å². The van der Waals surface area contributed by atoms with Gasteiger partial charge in [0.15, 0.2) is 0 Å². The van der Waals surface area contributed by atoms with E-state index in [1.807, 2.05) is 23.2 Å². The van der Waals surface area contributed by atoms with Gasteiger partial charge >= 0.3 is 0 Å². The highest BCUT2D eigenvalue weighted by molar-refractivity contribution is 7.09. The van der Waals surface area contributed by atoms with Gasteiger partial charge in [0, 0.05) is 29.7 Å². The van der Waals surface area contributed by atoms with Crippen molar-refractivity contribution >= 4 is 11.3 Å². The molecule has 2 rings (SSSR count). The normalized spacial score (nSPS) is 13.7. The summed E-state index contributed by atoms with van der Waals surface area (Å²) in [5.74, 6) is 0. The van der Waals surface area contributed by atoms with E-state index in [1.54, 1.807) is 17.5 Å². The number of nitrogens with zero attached hydrogens (tertiary/aromatic N) is 3. The SMILES string of the molecule is Cn1nccc1CCC(O)c1csc(C(C)(C)C)n1. The summed E-state index contributed by atoms with van der Waals surface area (Å²) < 4.78 is 1.84. The minimum atomic E-state index is -0.498. The molecule has 104 valence electrons. The Kier molecular flexibility index (Phi) is 4.06. The molecule has 0 amide bonds. The fourth-order valence-corrected chi connectivity index (χ4v) is 2.82. The molecule has 0 bridgehead atoms. The molecule has 0 radical (unpaired) electrons. The molecule has 0 fully saturated rings. The Balaban J connectivity index is 1.98. The van der Waals surface area contributed by atoms with Gasteiger partial charge in [-0.25, -0.2) is 4.98 Å². The highest BCUT2D eigenvalue weighted by Crippen LogP contribution is 2.28. The molecule has 2 heterocycles. The van der Waals surface area contributed by atoms with E-state index in [-0.39, 0.29) is 5.41 Å². The molecule has 0 aromatic carbocycles. The molecule has 19 heavy (non-hydrogen) atoms. The van der Waals surface area contributed by atoms with Crippen LogP contribution in [0.2, 0.25) is 0 Å². The quantitative estimate of drug-likeness (QED) is 0.936. The van der Waals surface area contributed by atoms with Gasteiger partial charge in [0.1, 0.15) is 0 Å². The molecular weight excluding hydrogens is 258 g/mol. The average molecular weight is 279 g/mol. The lowest BCUT2D eigenvalue weighted by Crippen LogP contribution is -2.11. The molecule has 0 aliphatic heterocycles. The van der Waals surface area contributed by atoms with E-state index in [2.05, 4.69) is 30.9 Å². The topological polar surface area (TPSA) is 50.9 Å². The van der Waals surface area contributed by atoms with Gasteiger partial charge in [-0.05, 0) is 18.9 Å². The summed E-state index contributed by atoms with van der Waals surface area (Å²) in [6, 6.07) is 1.98. The summed E-state index contributed by atoms with van der Waals surface area (Å²) in [5, 5.41) is 17.4. The average Bonchev–Trinajstić information content (AvgIpc) is 2.93. The maximum Gasteiger partial charge on any atom is 0.0983 e. The molecule has 0 aliphatic rings. The number of aromatic nitrogens is 3. The largest absolute Gasteiger partial charge is 0.387 e. The zero-order valence-electron chi connectivity index (χ0n) is 11.9. The van der Waals surface area contributed by atoms with E-state index in [0.717, 1.165) is 22.8 Å². The van der Waals surface area contributed by atoms with Crippen LogP contribution < -0.4 is 0 Å². The van der Waals surface area contributed by atoms with E-state index in [0.29, 0.717) is 6.42 Å². The fourth-order valence-electron chi connectivity index (χ4n) is 1.86. The summed E-state index contributed by atoms with van der Waals surface area (Å²) >= 11 is 1.62. The molecule has 1 unspecified atom stereocenters. The smallest absolute Gasteiger partial charge is 0.0983 e. The van der Waals surface area contributed by atoms with Crippen molar-refractivity contribution in [3.63, 3.8) is 0 Å². The summed E-state index contributed by atoms with van der Waals surface area (Å²) in [6.45, 7) is 6.41. The van der Waals surface area contributed by atoms with E-state index in [1.165, 1.54) is 0 Å². The Hall–Kier alpha value is -1.20. The van der Waals surface area contributed by atoms with E-state index >= 15 is 0 Å². The Morgan fingerprint density at radius 2 is 2.16 bits per heavy atom. The number of hydrogen-bond donors (Lipinski definition) is 1. The van der Waals surface area contributed by atoms with Crippen molar-refractivity contribution in [1.29, 1.82) is 0 Å². The Bertz CT molecular complexity index is 539. The van der Waals surface area contributed by atoms with Crippen LogP contribution in [0.1, 0.15) is 49.7 Å². The van der Waals surface area contributed by atoms with Crippen molar-refractivity contribution in [2.75, 3.05) is 0 Å². The van der Waals surface area contributed by atoms with Crippen LogP contribution in [-0.4, -0.2) is 19.9 Å². The molecule has 2 aromatic heterocycles. The Morgan fingerprint density at radius 1 is 1.42 bits per heavy atom.